The zero-order valence-corrected chi connectivity index (χ0v) is 4.95. The van der Waals surface area contributed by atoms with Crippen LogP contribution in [0.25, 0.3) is 0 Å². The molecule has 0 aliphatic rings. The van der Waals surface area contributed by atoms with Crippen molar-refractivity contribution < 1.29 is 17.1 Å². The first-order valence-electron chi connectivity index (χ1n) is 1.91. The van der Waals surface area contributed by atoms with Crippen LogP contribution in [0.5, 0.6) is 0 Å². The van der Waals surface area contributed by atoms with Crippen LogP contribution < -0.4 is 0 Å². The minimum absolute atomic E-state index is 0. The Labute approximate surface area is 54.0 Å². The summed E-state index contributed by atoms with van der Waals surface area (Å²) in [5.74, 6) is 0. The summed E-state index contributed by atoms with van der Waals surface area (Å²) in [6, 6.07) is 12.5. The third-order valence-electron chi connectivity index (χ3n) is 0.607. The average Bonchev–Trinajstić information content (AvgIpc) is 1.72. The predicted octanol–water partition coefficient (Wildman–Crippen LogP) is 1.48. The first-order chi connectivity index (χ1) is 3.00. The van der Waals surface area contributed by atoms with E-state index in [2.05, 4.69) is 6.07 Å². The Kier molecular flexibility index (Phi) is 3.77. The van der Waals surface area contributed by atoms with E-state index in [-0.39, 0.29) is 17.1 Å². The average molecular weight is 132 g/mol. The number of hydrogen-bond donors (Lipinski definition) is 0. The fraction of sp³-hybridized carbons (Fsp3) is 0. The van der Waals surface area contributed by atoms with E-state index < -0.39 is 0 Å². The van der Waals surface area contributed by atoms with E-state index in [1.165, 1.54) is 0 Å². The molecule has 1 heteroatoms. The molecule has 0 unspecified atom stereocenters. The molecule has 0 nitrogen and oxygen atoms in total. The Morgan fingerprint density at radius 2 is 1.43 bits per heavy atom. The topological polar surface area (TPSA) is 0 Å². The Morgan fingerprint density at radius 1 is 0.857 bits per heavy atom. The van der Waals surface area contributed by atoms with Gasteiger partial charge in [0.25, 0.3) is 0 Å². The zero-order valence-electron chi connectivity index (χ0n) is 3.76. The first kappa shape index (κ1) is 6.74. The van der Waals surface area contributed by atoms with Crippen LogP contribution >= 0.6 is 0 Å². The zero-order chi connectivity index (χ0) is 4.24. The summed E-state index contributed by atoms with van der Waals surface area (Å²) in [6.45, 7) is 0. The molecule has 0 atom stereocenters. The Bertz CT molecular complexity index is 76.1. The van der Waals surface area contributed by atoms with Crippen LogP contribution in [-0.4, -0.2) is 0 Å². The first-order valence-corrected chi connectivity index (χ1v) is 1.91. The van der Waals surface area contributed by atoms with Gasteiger partial charge in [-0.25, -0.2) is 0 Å². The summed E-state index contributed by atoms with van der Waals surface area (Å²) in [5.41, 5.74) is 0. The number of hydrogen-bond acceptors (Lipinski definition) is 0. The van der Waals surface area contributed by atoms with Crippen molar-refractivity contribution in [3.05, 3.63) is 36.4 Å². The Hall–Kier alpha value is -0.261. The van der Waals surface area contributed by atoms with E-state index in [1.54, 1.807) is 0 Å². The third kappa shape index (κ3) is 2.44. The van der Waals surface area contributed by atoms with Gasteiger partial charge in [-0.2, -0.15) is 36.4 Å². The van der Waals surface area contributed by atoms with Gasteiger partial charge in [0, 0.05) is 17.1 Å². The smallest absolute Gasteiger partial charge is 0 e. The summed E-state index contributed by atoms with van der Waals surface area (Å²) < 4.78 is 0. The van der Waals surface area contributed by atoms with E-state index in [1.807, 2.05) is 30.3 Å². The molecule has 0 saturated heterocycles. The maximum Gasteiger partial charge on any atom is 0 e. The van der Waals surface area contributed by atoms with E-state index >= 15 is 0 Å². The van der Waals surface area contributed by atoms with E-state index in [0.29, 0.717) is 0 Å². The third-order valence-corrected chi connectivity index (χ3v) is 0.607. The second-order valence-electron chi connectivity index (χ2n) is 1.08. The van der Waals surface area contributed by atoms with E-state index in [9.17, 15) is 0 Å². The molecule has 0 spiro atoms. The van der Waals surface area contributed by atoms with Crippen LogP contribution in [0, 0.1) is 6.07 Å². The number of benzene rings is 1. The summed E-state index contributed by atoms with van der Waals surface area (Å²) in [7, 11) is 0. The van der Waals surface area contributed by atoms with Crippen LogP contribution in [0.3, 0.4) is 0 Å². The molecule has 0 heterocycles. The van der Waals surface area contributed by atoms with E-state index in [0.717, 1.165) is 0 Å². The maximum atomic E-state index is 2.89. The number of rotatable bonds is 0. The van der Waals surface area contributed by atoms with Crippen molar-refractivity contribution in [3.8, 4) is 0 Å². The van der Waals surface area contributed by atoms with Crippen molar-refractivity contribution in [1.29, 1.82) is 0 Å². The summed E-state index contributed by atoms with van der Waals surface area (Å²) in [5, 5.41) is 0. The SMILES string of the molecule is [Mn].[c-]1ccccc1. The molecular weight excluding hydrogens is 127 g/mol. The molecule has 0 aliphatic heterocycles. The van der Waals surface area contributed by atoms with Gasteiger partial charge in [0.1, 0.15) is 0 Å². The van der Waals surface area contributed by atoms with Crippen molar-refractivity contribution >= 4 is 0 Å². The van der Waals surface area contributed by atoms with Crippen LogP contribution in [0.15, 0.2) is 30.3 Å². The van der Waals surface area contributed by atoms with Crippen molar-refractivity contribution in [1.82, 2.24) is 0 Å². The van der Waals surface area contributed by atoms with Crippen LogP contribution in [-0.2, 0) is 17.1 Å². The molecule has 1 aromatic rings. The van der Waals surface area contributed by atoms with Gasteiger partial charge >= 0.3 is 0 Å². The fourth-order valence-corrected chi connectivity index (χ4v) is 0.342. The van der Waals surface area contributed by atoms with Crippen molar-refractivity contribution in [2.75, 3.05) is 0 Å². The van der Waals surface area contributed by atoms with Gasteiger partial charge in [-0.3, -0.25) is 0 Å². The van der Waals surface area contributed by atoms with Gasteiger partial charge < -0.3 is 0 Å². The molecular formula is C6H5Mn-. The van der Waals surface area contributed by atoms with Crippen molar-refractivity contribution in [3.63, 3.8) is 0 Å². The molecule has 0 aliphatic carbocycles. The summed E-state index contributed by atoms with van der Waals surface area (Å²) in [4.78, 5) is 0. The molecule has 1 aromatic carbocycles. The van der Waals surface area contributed by atoms with Gasteiger partial charge in [-0.15, -0.1) is 0 Å². The normalized spacial score (nSPS) is 6.86. The van der Waals surface area contributed by atoms with Crippen molar-refractivity contribution in [2.24, 2.45) is 0 Å². The van der Waals surface area contributed by atoms with Gasteiger partial charge in [0.2, 0.25) is 0 Å². The minimum Gasteiger partial charge on any atom is -0.184 e. The predicted molar refractivity (Wildman–Crippen MR) is 25.3 cm³/mol. The molecule has 0 fully saturated rings. The van der Waals surface area contributed by atoms with Gasteiger partial charge in [0.15, 0.2) is 0 Å². The molecule has 1 radical (unpaired) electrons. The van der Waals surface area contributed by atoms with E-state index in [4.69, 9.17) is 0 Å². The molecule has 0 bridgehead atoms. The molecule has 0 N–H and O–H groups in total. The van der Waals surface area contributed by atoms with Crippen LogP contribution in [0.1, 0.15) is 0 Å². The molecule has 0 saturated carbocycles. The van der Waals surface area contributed by atoms with Gasteiger partial charge in [-0.1, -0.05) is 0 Å². The van der Waals surface area contributed by atoms with Gasteiger partial charge in [-0.05, 0) is 0 Å². The molecule has 1 rings (SSSR count). The fourth-order valence-electron chi connectivity index (χ4n) is 0.342. The molecule has 7 heavy (non-hydrogen) atoms. The second-order valence-corrected chi connectivity index (χ2v) is 1.08. The minimum atomic E-state index is 0. The Morgan fingerprint density at radius 3 is 1.57 bits per heavy atom. The van der Waals surface area contributed by atoms with Crippen LogP contribution in [0.4, 0.5) is 0 Å². The summed E-state index contributed by atoms with van der Waals surface area (Å²) >= 11 is 0. The largest absolute Gasteiger partial charge is 0.184 e. The molecule has 0 aromatic heterocycles. The second kappa shape index (κ2) is 3.91. The molecule has 0 amide bonds. The monoisotopic (exact) mass is 132 g/mol. The summed E-state index contributed by atoms with van der Waals surface area (Å²) in [6.07, 6.45) is 0. The van der Waals surface area contributed by atoms with Crippen LogP contribution in [0.2, 0.25) is 0 Å². The quantitative estimate of drug-likeness (QED) is 0.370. The van der Waals surface area contributed by atoms with Crippen molar-refractivity contribution in [2.45, 2.75) is 0 Å². The van der Waals surface area contributed by atoms with Gasteiger partial charge in [0.05, 0.1) is 0 Å². The maximum absolute atomic E-state index is 2.89. The molecule has 37 valence electrons. The standard InChI is InChI=1S/C6H5.Mn/c1-2-4-6-5-3-1;/h1-5H;/q-1;. The Balaban J connectivity index is 0.000000360.